The maximum Gasteiger partial charge on any atom is 0.341 e. The van der Waals surface area contributed by atoms with Gasteiger partial charge in [-0.1, -0.05) is 12.2 Å². The van der Waals surface area contributed by atoms with E-state index in [2.05, 4.69) is 26.7 Å². The molecule has 2 N–H and O–H groups in total. The average molecular weight is 466 g/mol. The van der Waals surface area contributed by atoms with E-state index in [1.54, 1.807) is 13.1 Å². The molecular formula is C23H23N5O4S. The summed E-state index contributed by atoms with van der Waals surface area (Å²) in [5, 5.41) is 14.6. The number of carbonyl (C=O) groups excluding carboxylic acids is 2. The van der Waals surface area contributed by atoms with E-state index < -0.39 is 22.0 Å². The van der Waals surface area contributed by atoms with Crippen molar-refractivity contribution in [1.29, 1.82) is 5.26 Å². The van der Waals surface area contributed by atoms with E-state index in [9.17, 15) is 13.8 Å². The summed E-state index contributed by atoms with van der Waals surface area (Å²) in [4.78, 5) is 33.2. The second-order valence-electron chi connectivity index (χ2n) is 7.77. The number of ether oxygens (including phenoxy) is 1. The van der Waals surface area contributed by atoms with Crippen LogP contribution in [0.3, 0.4) is 0 Å². The first-order chi connectivity index (χ1) is 16.0. The number of pyridine rings is 2. The first-order valence-electron chi connectivity index (χ1n) is 10.7. The number of carbonyl (C=O) groups is 2. The van der Waals surface area contributed by atoms with Gasteiger partial charge in [-0.25, -0.2) is 14.0 Å². The first-order valence-corrected chi connectivity index (χ1v) is 11.9. The Hall–Kier alpha value is -3.58. The molecule has 1 saturated carbocycles. The van der Waals surface area contributed by atoms with Crippen LogP contribution in [0.25, 0.3) is 6.08 Å². The van der Waals surface area contributed by atoms with Gasteiger partial charge in [-0.05, 0) is 44.7 Å². The molecule has 1 amide bonds. The van der Waals surface area contributed by atoms with Gasteiger partial charge in [-0.3, -0.25) is 9.78 Å². The van der Waals surface area contributed by atoms with E-state index in [0.717, 1.165) is 24.1 Å². The maximum absolute atomic E-state index is 12.5. The van der Waals surface area contributed by atoms with Crippen molar-refractivity contribution in [3.8, 4) is 6.07 Å². The Kier molecular flexibility index (Phi) is 6.79. The molecule has 2 aromatic heterocycles. The molecular weight excluding hydrogens is 442 g/mol. The van der Waals surface area contributed by atoms with Crippen LogP contribution in [0.1, 0.15) is 53.4 Å². The number of hydrogen-bond acceptors (Lipinski definition) is 8. The number of anilines is 1. The Balaban J connectivity index is 1.40. The van der Waals surface area contributed by atoms with Gasteiger partial charge < -0.3 is 15.4 Å². The summed E-state index contributed by atoms with van der Waals surface area (Å²) in [7, 11) is -2.00. The van der Waals surface area contributed by atoms with Gasteiger partial charge in [0.2, 0.25) is 0 Å². The second kappa shape index (κ2) is 9.92. The molecule has 0 spiro atoms. The molecule has 1 fully saturated rings. The Labute approximate surface area is 193 Å². The van der Waals surface area contributed by atoms with Crippen LogP contribution in [0, 0.1) is 11.3 Å². The van der Waals surface area contributed by atoms with Crippen LogP contribution < -0.4 is 10.6 Å². The number of amides is 1. The number of allylic oxidation sites excluding steroid dienone is 1. The number of nitriles is 1. The Bertz CT molecular complexity index is 1180. The van der Waals surface area contributed by atoms with E-state index in [-0.39, 0.29) is 23.7 Å². The molecule has 170 valence electrons. The fourth-order valence-electron chi connectivity index (χ4n) is 3.84. The number of aromatic nitrogens is 2. The molecule has 9 nitrogen and oxygen atoms in total. The number of esters is 1. The molecule has 2 heterocycles. The highest BCUT2D eigenvalue weighted by molar-refractivity contribution is 8.00. The van der Waals surface area contributed by atoms with Gasteiger partial charge in [-0.15, -0.1) is 0 Å². The molecule has 1 unspecified atom stereocenters. The summed E-state index contributed by atoms with van der Waals surface area (Å²) >= 11 is 0. The standard InChI is InChI=1S/C23H23N5O4S/c1-2-32-22(29)18-13-26-19-6-4-3-5-17(19)21(18)27-15-10-16(11-15)28-23(30)33(31)20-9-14(12-24)7-8-25-20/h3,5,7-9,13,15-16H,2,4,6,10-11H2,1H3,(H,26,27)(H,28,30). The van der Waals surface area contributed by atoms with Crippen LogP contribution in [-0.4, -0.2) is 44.1 Å². The van der Waals surface area contributed by atoms with E-state index >= 15 is 0 Å². The maximum atomic E-state index is 12.5. The lowest BCUT2D eigenvalue weighted by Gasteiger charge is -2.37. The van der Waals surface area contributed by atoms with Crippen LogP contribution >= 0.6 is 0 Å². The lowest BCUT2D eigenvalue weighted by molar-refractivity contribution is 0.0527. The van der Waals surface area contributed by atoms with Crippen molar-refractivity contribution < 1.29 is 18.5 Å². The number of fused-ring (bicyclic) bond motifs is 1. The van der Waals surface area contributed by atoms with E-state index in [0.29, 0.717) is 29.7 Å². The molecule has 0 saturated heterocycles. The highest BCUT2D eigenvalue weighted by atomic mass is 32.2. The quantitative estimate of drug-likeness (QED) is 0.622. The van der Waals surface area contributed by atoms with Crippen LogP contribution in [0.4, 0.5) is 10.5 Å². The fourth-order valence-corrected chi connectivity index (χ4v) is 4.69. The van der Waals surface area contributed by atoms with E-state index in [4.69, 9.17) is 10.00 Å². The third-order valence-electron chi connectivity index (χ3n) is 5.56. The van der Waals surface area contributed by atoms with Gasteiger partial charge in [0.25, 0.3) is 0 Å². The molecule has 0 radical (unpaired) electrons. The zero-order valence-electron chi connectivity index (χ0n) is 18.0. The molecule has 2 aliphatic carbocycles. The third kappa shape index (κ3) is 4.93. The highest BCUT2D eigenvalue weighted by Gasteiger charge is 2.33. The molecule has 33 heavy (non-hydrogen) atoms. The minimum Gasteiger partial charge on any atom is -0.462 e. The molecule has 4 rings (SSSR count). The van der Waals surface area contributed by atoms with Crippen LogP contribution in [-0.2, 0) is 22.0 Å². The molecule has 1 atom stereocenters. The largest absolute Gasteiger partial charge is 0.462 e. The lowest BCUT2D eigenvalue weighted by Crippen LogP contribution is -2.50. The van der Waals surface area contributed by atoms with Gasteiger partial charge in [-0.2, -0.15) is 5.26 Å². The van der Waals surface area contributed by atoms with Crippen LogP contribution in [0.2, 0.25) is 0 Å². The van der Waals surface area contributed by atoms with Crippen LogP contribution in [0.15, 0.2) is 35.6 Å². The number of aryl methyl sites for hydroxylation is 1. The Morgan fingerprint density at radius 1 is 1.30 bits per heavy atom. The summed E-state index contributed by atoms with van der Waals surface area (Å²) in [6, 6.07) is 4.64. The summed E-state index contributed by atoms with van der Waals surface area (Å²) in [6.45, 7) is 2.03. The van der Waals surface area contributed by atoms with Crippen LogP contribution in [0.5, 0.6) is 0 Å². The summed E-state index contributed by atoms with van der Waals surface area (Å²) in [5.74, 6) is -0.430. The predicted molar refractivity (Wildman–Crippen MR) is 122 cm³/mol. The predicted octanol–water partition coefficient (Wildman–Crippen LogP) is 2.94. The zero-order chi connectivity index (χ0) is 23.4. The lowest BCUT2D eigenvalue weighted by atomic mass is 9.86. The third-order valence-corrected chi connectivity index (χ3v) is 6.62. The number of rotatable bonds is 6. The van der Waals surface area contributed by atoms with Gasteiger partial charge in [0, 0.05) is 35.7 Å². The van der Waals surface area contributed by atoms with E-state index in [1.165, 1.54) is 18.3 Å². The molecule has 0 bridgehead atoms. The van der Waals surface area contributed by atoms with Crippen molar-refractivity contribution >= 4 is 33.8 Å². The minimum atomic E-state index is -2.00. The summed E-state index contributed by atoms with van der Waals surface area (Å²) in [5.41, 5.74) is 3.20. The van der Waals surface area contributed by atoms with Crippen molar-refractivity contribution in [2.75, 3.05) is 11.9 Å². The number of nitrogens with one attached hydrogen (secondary N) is 2. The van der Waals surface area contributed by atoms with Crippen molar-refractivity contribution in [1.82, 2.24) is 15.3 Å². The van der Waals surface area contributed by atoms with Gasteiger partial charge in [0.1, 0.15) is 10.6 Å². The zero-order valence-corrected chi connectivity index (χ0v) is 18.9. The molecule has 10 heteroatoms. The SMILES string of the molecule is CCOC(=O)c1cnc2c(c1NC1CC(NC(=O)S(=O)c3cc(C#N)ccn3)C1)C=CCC2. The average Bonchev–Trinajstić information content (AvgIpc) is 2.82. The molecule has 2 aromatic rings. The smallest absolute Gasteiger partial charge is 0.341 e. The fraction of sp³-hybridized carbons (Fsp3) is 0.348. The van der Waals surface area contributed by atoms with E-state index in [1.807, 2.05) is 12.1 Å². The molecule has 2 aliphatic rings. The van der Waals surface area contributed by atoms with Gasteiger partial charge in [0.05, 0.1) is 23.9 Å². The van der Waals surface area contributed by atoms with Crippen molar-refractivity contribution in [2.45, 2.75) is 49.7 Å². The highest BCUT2D eigenvalue weighted by Crippen LogP contribution is 2.33. The Morgan fingerprint density at radius 2 is 2.12 bits per heavy atom. The van der Waals surface area contributed by atoms with Crippen molar-refractivity contribution in [3.05, 3.63) is 53.0 Å². The summed E-state index contributed by atoms with van der Waals surface area (Å²) in [6.07, 6.45) is 9.86. The number of nitrogens with zero attached hydrogens (tertiary/aromatic N) is 3. The topological polar surface area (TPSA) is 134 Å². The Morgan fingerprint density at radius 3 is 2.88 bits per heavy atom. The first kappa shape index (κ1) is 22.6. The second-order valence-corrected chi connectivity index (χ2v) is 9.10. The monoisotopic (exact) mass is 465 g/mol. The molecule has 0 aromatic carbocycles. The van der Waals surface area contributed by atoms with Crippen molar-refractivity contribution in [2.24, 2.45) is 0 Å². The number of hydrogen-bond donors (Lipinski definition) is 2. The molecule has 0 aliphatic heterocycles. The van der Waals surface area contributed by atoms with Crippen molar-refractivity contribution in [3.63, 3.8) is 0 Å². The van der Waals surface area contributed by atoms with Gasteiger partial charge in [0.15, 0.2) is 10.8 Å². The summed E-state index contributed by atoms with van der Waals surface area (Å²) < 4.78 is 17.6. The normalized spacial score (nSPS) is 19.4. The van der Waals surface area contributed by atoms with Gasteiger partial charge >= 0.3 is 11.2 Å². The minimum absolute atomic E-state index is 0.0266.